The molecule has 0 saturated carbocycles. The molecule has 1 atom stereocenters. The summed E-state index contributed by atoms with van der Waals surface area (Å²) in [6.07, 6.45) is -9.92. The van der Waals surface area contributed by atoms with E-state index in [0.29, 0.717) is 18.2 Å². The standard InChI is InChI=1S/C23H15ClF7N3O2/c24-17-8-15(7-16(9-17)22(26,27)28)21(23(29,30)31)10-18(33-36-21)13-1-3-14(4-2-13)20(25)11-34(12-20)19(35)5-6-32/h1-4,7-10,33H,5,11-12H2. The number of likely N-dealkylation sites (tertiary alicyclic amines) is 1. The number of rotatable bonds is 4. The van der Waals surface area contributed by atoms with E-state index in [1.807, 2.05) is 0 Å². The molecule has 190 valence electrons. The summed E-state index contributed by atoms with van der Waals surface area (Å²) in [5, 5.41) is 8.01. The number of nitrogens with one attached hydrogen (secondary N) is 1. The van der Waals surface area contributed by atoms with Crippen LogP contribution in [0.25, 0.3) is 5.70 Å². The minimum Gasteiger partial charge on any atom is -0.335 e. The quantitative estimate of drug-likeness (QED) is 0.519. The monoisotopic (exact) mass is 533 g/mol. The highest BCUT2D eigenvalue weighted by molar-refractivity contribution is 6.30. The minimum absolute atomic E-state index is 0.142. The first-order valence-electron chi connectivity index (χ1n) is 10.2. The third-order valence-corrected chi connectivity index (χ3v) is 6.14. The van der Waals surface area contributed by atoms with Gasteiger partial charge < -0.3 is 4.90 Å². The molecule has 1 fully saturated rings. The van der Waals surface area contributed by atoms with Gasteiger partial charge in [-0.1, -0.05) is 35.9 Å². The Morgan fingerprint density at radius 2 is 1.72 bits per heavy atom. The number of hydrogen-bond donors (Lipinski definition) is 1. The molecule has 0 radical (unpaired) electrons. The zero-order valence-corrected chi connectivity index (χ0v) is 18.7. The van der Waals surface area contributed by atoms with E-state index in [0.717, 1.165) is 6.07 Å². The van der Waals surface area contributed by atoms with Crippen molar-refractivity contribution in [2.75, 3.05) is 13.1 Å². The van der Waals surface area contributed by atoms with Gasteiger partial charge in [0.1, 0.15) is 6.42 Å². The molecular formula is C23H15ClF7N3O2. The van der Waals surface area contributed by atoms with Crippen molar-refractivity contribution in [3.63, 3.8) is 0 Å². The summed E-state index contributed by atoms with van der Waals surface area (Å²) < 4.78 is 97.1. The van der Waals surface area contributed by atoms with Crippen molar-refractivity contribution in [3.8, 4) is 6.07 Å². The number of nitrogens with zero attached hydrogens (tertiary/aromatic N) is 2. The average molecular weight is 534 g/mol. The van der Waals surface area contributed by atoms with Gasteiger partial charge in [0.25, 0.3) is 0 Å². The summed E-state index contributed by atoms with van der Waals surface area (Å²) in [6, 6.07) is 8.49. The smallest absolute Gasteiger partial charge is 0.335 e. The number of amides is 1. The SMILES string of the molecule is N#CCC(=O)N1CC(F)(c2ccc(C3=CC(c4cc(Cl)cc(C(F)(F)F)c4)(C(F)(F)F)ON3)cc2)C1. The number of nitriles is 1. The highest BCUT2D eigenvalue weighted by atomic mass is 35.5. The average Bonchev–Trinajstić information content (AvgIpc) is 3.23. The van der Waals surface area contributed by atoms with Crippen LogP contribution in [0.5, 0.6) is 0 Å². The Hall–Kier alpha value is -3.30. The van der Waals surface area contributed by atoms with Gasteiger partial charge in [-0.2, -0.15) is 31.6 Å². The van der Waals surface area contributed by atoms with Crippen molar-refractivity contribution in [2.45, 2.75) is 30.0 Å². The van der Waals surface area contributed by atoms with Crippen molar-refractivity contribution in [1.29, 1.82) is 5.26 Å². The predicted molar refractivity (Wildman–Crippen MR) is 112 cm³/mol. The summed E-state index contributed by atoms with van der Waals surface area (Å²) in [7, 11) is 0. The first-order chi connectivity index (χ1) is 16.7. The van der Waals surface area contributed by atoms with E-state index in [1.165, 1.54) is 29.2 Å². The van der Waals surface area contributed by atoms with Gasteiger partial charge in [-0.25, -0.2) is 4.39 Å². The maximum absolute atomic E-state index is 15.1. The van der Waals surface area contributed by atoms with E-state index in [-0.39, 0.29) is 36.3 Å². The van der Waals surface area contributed by atoms with Gasteiger partial charge in [0.2, 0.25) is 11.5 Å². The van der Waals surface area contributed by atoms with Crippen LogP contribution in [-0.2, 0) is 27.1 Å². The molecule has 1 unspecified atom stereocenters. The summed E-state index contributed by atoms with van der Waals surface area (Å²) in [6.45, 7) is -0.547. The van der Waals surface area contributed by atoms with Gasteiger partial charge >= 0.3 is 12.4 Å². The molecule has 0 bridgehead atoms. The molecule has 36 heavy (non-hydrogen) atoms. The molecule has 1 saturated heterocycles. The minimum atomic E-state index is -5.18. The Balaban J connectivity index is 1.64. The van der Waals surface area contributed by atoms with Crippen LogP contribution in [0, 0.1) is 11.3 Å². The van der Waals surface area contributed by atoms with Crippen LogP contribution in [0.15, 0.2) is 48.5 Å². The molecule has 0 aromatic heterocycles. The predicted octanol–water partition coefficient (Wildman–Crippen LogP) is 5.61. The summed E-state index contributed by atoms with van der Waals surface area (Å²) in [4.78, 5) is 17.7. The second-order valence-corrected chi connectivity index (χ2v) is 8.79. The fraction of sp³-hybridized carbons (Fsp3) is 0.304. The molecule has 2 aliphatic rings. The Morgan fingerprint density at radius 1 is 1.08 bits per heavy atom. The third kappa shape index (κ3) is 4.49. The number of carbonyl (C=O) groups is 1. The number of alkyl halides is 7. The van der Waals surface area contributed by atoms with E-state index >= 15 is 4.39 Å². The Labute approximate surface area is 204 Å². The van der Waals surface area contributed by atoms with Crippen molar-refractivity contribution < 1.29 is 40.4 Å². The Morgan fingerprint density at radius 3 is 2.28 bits per heavy atom. The first-order valence-corrected chi connectivity index (χ1v) is 10.6. The van der Waals surface area contributed by atoms with E-state index < -0.39 is 45.7 Å². The zero-order valence-electron chi connectivity index (χ0n) is 18.0. The Kier molecular flexibility index (Phi) is 6.21. The third-order valence-electron chi connectivity index (χ3n) is 5.92. The van der Waals surface area contributed by atoms with E-state index in [1.54, 1.807) is 6.07 Å². The molecule has 2 aliphatic heterocycles. The molecule has 2 heterocycles. The number of halogens is 8. The Bertz CT molecular complexity index is 1260. The first kappa shape index (κ1) is 25.8. The van der Waals surface area contributed by atoms with Crippen LogP contribution in [-0.4, -0.2) is 30.1 Å². The van der Waals surface area contributed by atoms with Crippen LogP contribution in [0.1, 0.15) is 28.7 Å². The summed E-state index contributed by atoms with van der Waals surface area (Å²) in [5.74, 6) is -0.516. The lowest BCUT2D eigenvalue weighted by atomic mass is 9.86. The fourth-order valence-corrected chi connectivity index (χ4v) is 4.23. The fourth-order valence-electron chi connectivity index (χ4n) is 4.00. The van der Waals surface area contributed by atoms with E-state index in [2.05, 4.69) is 5.48 Å². The second kappa shape index (κ2) is 8.67. The number of carbonyl (C=O) groups excluding carboxylic acids is 1. The van der Waals surface area contributed by atoms with Gasteiger partial charge in [0.15, 0.2) is 5.67 Å². The summed E-state index contributed by atoms with van der Waals surface area (Å²) >= 11 is 5.69. The van der Waals surface area contributed by atoms with Crippen LogP contribution < -0.4 is 5.48 Å². The summed E-state index contributed by atoms with van der Waals surface area (Å²) in [5.41, 5.74) is -5.21. The number of hydroxylamine groups is 1. The van der Waals surface area contributed by atoms with Crippen molar-refractivity contribution in [2.24, 2.45) is 0 Å². The molecular weight excluding hydrogens is 519 g/mol. The molecule has 13 heteroatoms. The highest BCUT2D eigenvalue weighted by Gasteiger charge is 2.60. The molecule has 1 amide bonds. The maximum atomic E-state index is 15.1. The molecule has 4 rings (SSSR count). The lowest BCUT2D eigenvalue weighted by Crippen LogP contribution is -2.58. The second-order valence-electron chi connectivity index (χ2n) is 8.35. The molecule has 0 spiro atoms. The van der Waals surface area contributed by atoms with Crippen LogP contribution in [0.4, 0.5) is 30.7 Å². The van der Waals surface area contributed by atoms with E-state index in [9.17, 15) is 31.1 Å². The van der Waals surface area contributed by atoms with Crippen LogP contribution in [0.2, 0.25) is 5.02 Å². The molecule has 5 nitrogen and oxygen atoms in total. The van der Waals surface area contributed by atoms with Crippen molar-refractivity contribution >= 4 is 23.2 Å². The highest BCUT2D eigenvalue weighted by Crippen LogP contribution is 2.49. The van der Waals surface area contributed by atoms with Gasteiger partial charge in [0.05, 0.1) is 30.4 Å². The zero-order chi connectivity index (χ0) is 26.5. The van der Waals surface area contributed by atoms with Crippen molar-refractivity contribution in [3.05, 3.63) is 75.8 Å². The number of hydrogen-bond acceptors (Lipinski definition) is 4. The normalized spacial score (nSPS) is 21.3. The van der Waals surface area contributed by atoms with Crippen LogP contribution >= 0.6 is 11.6 Å². The molecule has 2 aromatic carbocycles. The lowest BCUT2D eigenvalue weighted by Gasteiger charge is -2.44. The van der Waals surface area contributed by atoms with E-state index in [4.69, 9.17) is 21.7 Å². The van der Waals surface area contributed by atoms with Crippen LogP contribution in [0.3, 0.4) is 0 Å². The molecule has 1 N–H and O–H groups in total. The van der Waals surface area contributed by atoms with Crippen molar-refractivity contribution in [1.82, 2.24) is 10.4 Å². The number of benzene rings is 2. The lowest BCUT2D eigenvalue weighted by molar-refractivity contribution is -0.269. The maximum Gasteiger partial charge on any atom is 0.428 e. The van der Waals surface area contributed by atoms with Gasteiger partial charge in [0, 0.05) is 10.6 Å². The molecule has 2 aromatic rings. The largest absolute Gasteiger partial charge is 0.428 e. The van der Waals surface area contributed by atoms with Gasteiger partial charge in [-0.05, 0) is 35.4 Å². The van der Waals surface area contributed by atoms with Gasteiger partial charge in [-0.3, -0.25) is 15.1 Å². The van der Waals surface area contributed by atoms with Gasteiger partial charge in [-0.15, -0.1) is 0 Å². The molecule has 0 aliphatic carbocycles. The topological polar surface area (TPSA) is 65.4 Å².